The largest absolute Gasteiger partial charge is 0.463 e. The number of nitrogens with one attached hydrogen (secondary N) is 2. The number of furan rings is 1. The Kier molecular flexibility index (Phi) is 3.72. The van der Waals surface area contributed by atoms with Gasteiger partial charge in [-0.3, -0.25) is 4.79 Å². The number of nitrogens with zero attached hydrogens (tertiary/aromatic N) is 4. The van der Waals surface area contributed by atoms with Crippen LogP contribution in [0, 0.1) is 0 Å². The molecule has 0 aliphatic heterocycles. The minimum absolute atomic E-state index is 0.138. The minimum Gasteiger partial charge on any atom is -0.463 e. The SMILES string of the molecule is Cn1ncnc1C(=O)Nc1ccc2cc(-c3ccoc3C(F)F)[nH]c2n1. The summed E-state index contributed by atoms with van der Waals surface area (Å²) in [7, 11) is 1.60. The average molecular weight is 358 g/mol. The second-order valence-corrected chi connectivity index (χ2v) is 5.48. The zero-order valence-corrected chi connectivity index (χ0v) is 13.4. The van der Waals surface area contributed by atoms with E-state index in [1.54, 1.807) is 25.2 Å². The van der Waals surface area contributed by atoms with Gasteiger partial charge >= 0.3 is 0 Å². The molecule has 4 heterocycles. The second-order valence-electron chi connectivity index (χ2n) is 5.48. The number of aryl methyl sites for hydroxylation is 1. The third-order valence-electron chi connectivity index (χ3n) is 3.82. The molecule has 26 heavy (non-hydrogen) atoms. The molecule has 0 aliphatic rings. The summed E-state index contributed by atoms with van der Waals surface area (Å²) >= 11 is 0. The van der Waals surface area contributed by atoms with Crippen molar-refractivity contribution in [3.8, 4) is 11.3 Å². The van der Waals surface area contributed by atoms with Crippen molar-refractivity contribution in [2.75, 3.05) is 5.32 Å². The summed E-state index contributed by atoms with van der Waals surface area (Å²) in [5.74, 6) is -0.440. The van der Waals surface area contributed by atoms with Crippen molar-refractivity contribution in [1.29, 1.82) is 0 Å². The Labute approximate surface area is 144 Å². The van der Waals surface area contributed by atoms with Gasteiger partial charge in [-0.2, -0.15) is 5.10 Å². The molecule has 1 amide bonds. The smallest absolute Gasteiger partial charge is 0.296 e. The maximum Gasteiger partial charge on any atom is 0.296 e. The van der Waals surface area contributed by atoms with Gasteiger partial charge in [0.25, 0.3) is 12.3 Å². The highest BCUT2D eigenvalue weighted by atomic mass is 19.3. The molecule has 0 saturated heterocycles. The number of carbonyl (C=O) groups is 1. The first-order valence-corrected chi connectivity index (χ1v) is 7.54. The van der Waals surface area contributed by atoms with E-state index >= 15 is 0 Å². The molecule has 4 rings (SSSR count). The molecule has 0 radical (unpaired) electrons. The number of amides is 1. The fourth-order valence-electron chi connectivity index (χ4n) is 2.61. The number of hydrogen-bond donors (Lipinski definition) is 2. The fourth-order valence-corrected chi connectivity index (χ4v) is 2.61. The fraction of sp³-hybridized carbons (Fsp3) is 0.125. The molecule has 0 atom stereocenters. The summed E-state index contributed by atoms with van der Waals surface area (Å²) in [4.78, 5) is 23.3. The molecular weight excluding hydrogens is 346 g/mol. The molecule has 0 bridgehead atoms. The van der Waals surface area contributed by atoms with E-state index in [-0.39, 0.29) is 11.4 Å². The lowest BCUT2D eigenvalue weighted by molar-refractivity contribution is 0.101. The van der Waals surface area contributed by atoms with Crippen molar-refractivity contribution in [3.63, 3.8) is 0 Å². The van der Waals surface area contributed by atoms with Crippen molar-refractivity contribution < 1.29 is 18.0 Å². The minimum atomic E-state index is -2.72. The van der Waals surface area contributed by atoms with Gasteiger partial charge in [0.2, 0.25) is 5.82 Å². The van der Waals surface area contributed by atoms with Crippen LogP contribution in [0.25, 0.3) is 22.3 Å². The summed E-state index contributed by atoms with van der Waals surface area (Å²) in [5, 5.41) is 7.16. The van der Waals surface area contributed by atoms with E-state index in [1.165, 1.54) is 23.3 Å². The molecule has 0 unspecified atom stereocenters. The summed E-state index contributed by atoms with van der Waals surface area (Å²) in [5.41, 5.74) is 1.16. The van der Waals surface area contributed by atoms with E-state index in [1.807, 2.05) is 0 Å². The molecule has 0 aliphatic carbocycles. The van der Waals surface area contributed by atoms with E-state index in [4.69, 9.17) is 4.42 Å². The van der Waals surface area contributed by atoms with E-state index in [0.29, 0.717) is 22.5 Å². The Bertz CT molecular complexity index is 1100. The Hall–Kier alpha value is -3.56. The Morgan fingerprint density at radius 1 is 1.35 bits per heavy atom. The van der Waals surface area contributed by atoms with Gasteiger partial charge in [-0.25, -0.2) is 23.4 Å². The molecule has 0 fully saturated rings. The Morgan fingerprint density at radius 3 is 2.92 bits per heavy atom. The van der Waals surface area contributed by atoms with Crippen LogP contribution in [0.4, 0.5) is 14.6 Å². The van der Waals surface area contributed by atoms with Gasteiger partial charge in [0.15, 0.2) is 5.76 Å². The molecule has 2 N–H and O–H groups in total. The Morgan fingerprint density at radius 2 is 2.19 bits per heavy atom. The number of anilines is 1. The maximum atomic E-state index is 13.0. The summed E-state index contributed by atoms with van der Waals surface area (Å²) < 4.78 is 32.2. The molecule has 0 saturated carbocycles. The van der Waals surface area contributed by atoms with Crippen LogP contribution in [0.3, 0.4) is 0 Å². The van der Waals surface area contributed by atoms with Crippen LogP contribution in [0.15, 0.2) is 41.3 Å². The molecule has 0 aromatic carbocycles. The number of H-pyrrole nitrogens is 1. The lowest BCUT2D eigenvalue weighted by atomic mass is 10.2. The monoisotopic (exact) mass is 358 g/mol. The normalized spacial score (nSPS) is 11.4. The van der Waals surface area contributed by atoms with E-state index in [9.17, 15) is 13.6 Å². The van der Waals surface area contributed by atoms with Crippen LogP contribution in [0.5, 0.6) is 0 Å². The molecule has 4 aromatic rings. The second kappa shape index (κ2) is 6.06. The van der Waals surface area contributed by atoms with Gasteiger partial charge in [-0.15, -0.1) is 0 Å². The van der Waals surface area contributed by atoms with Gasteiger partial charge < -0.3 is 14.7 Å². The third kappa shape index (κ3) is 2.70. The molecule has 132 valence electrons. The van der Waals surface area contributed by atoms with Crippen molar-refractivity contribution in [2.45, 2.75) is 6.43 Å². The van der Waals surface area contributed by atoms with Gasteiger partial charge in [-0.05, 0) is 24.3 Å². The van der Waals surface area contributed by atoms with Gasteiger partial charge in [-0.1, -0.05) is 0 Å². The lowest BCUT2D eigenvalue weighted by Crippen LogP contribution is -2.18. The number of aromatic amines is 1. The highest BCUT2D eigenvalue weighted by Gasteiger charge is 2.20. The third-order valence-corrected chi connectivity index (χ3v) is 3.82. The van der Waals surface area contributed by atoms with Crippen molar-refractivity contribution in [2.24, 2.45) is 7.05 Å². The predicted octanol–water partition coefficient (Wildman–Crippen LogP) is 3.14. The van der Waals surface area contributed by atoms with Gasteiger partial charge in [0, 0.05) is 18.0 Å². The van der Waals surface area contributed by atoms with Crippen LogP contribution in [0.1, 0.15) is 22.8 Å². The van der Waals surface area contributed by atoms with E-state index < -0.39 is 18.1 Å². The zero-order valence-electron chi connectivity index (χ0n) is 13.4. The molecule has 8 nitrogen and oxygen atoms in total. The first-order chi connectivity index (χ1) is 12.5. The standard InChI is InChI=1S/C16H12F2N6O2/c1-24-15(19-7-20-24)16(25)23-11-3-2-8-6-10(21-14(8)22-11)9-4-5-26-12(9)13(17)18/h2-7,13H,1H3,(H2,21,22,23,25). The van der Waals surface area contributed by atoms with Gasteiger partial charge in [0.05, 0.1) is 12.0 Å². The number of fused-ring (bicyclic) bond motifs is 1. The molecule has 4 aromatic heterocycles. The average Bonchev–Trinajstić information content (AvgIpc) is 3.32. The number of hydrogen-bond acceptors (Lipinski definition) is 5. The number of alkyl halides is 2. The van der Waals surface area contributed by atoms with Crippen LogP contribution in [0.2, 0.25) is 0 Å². The zero-order chi connectivity index (χ0) is 18.3. The Balaban J connectivity index is 1.65. The number of pyridine rings is 1. The number of aromatic nitrogens is 5. The van der Waals surface area contributed by atoms with Crippen molar-refractivity contribution in [3.05, 3.63) is 48.4 Å². The highest BCUT2D eigenvalue weighted by molar-refractivity contribution is 6.01. The topological polar surface area (TPSA) is 102 Å². The van der Waals surface area contributed by atoms with Crippen LogP contribution >= 0.6 is 0 Å². The predicted molar refractivity (Wildman–Crippen MR) is 87.7 cm³/mol. The molecular formula is C16H12F2N6O2. The number of halogens is 2. The summed E-state index contributed by atoms with van der Waals surface area (Å²) in [6.45, 7) is 0. The number of carbonyl (C=O) groups excluding carboxylic acids is 1. The van der Waals surface area contributed by atoms with E-state index in [0.717, 1.165) is 0 Å². The van der Waals surface area contributed by atoms with Crippen molar-refractivity contribution >= 4 is 22.8 Å². The summed E-state index contributed by atoms with van der Waals surface area (Å²) in [6, 6.07) is 6.48. The lowest BCUT2D eigenvalue weighted by Gasteiger charge is -2.03. The first kappa shape index (κ1) is 15.9. The van der Waals surface area contributed by atoms with Crippen LogP contribution in [-0.2, 0) is 7.05 Å². The van der Waals surface area contributed by atoms with E-state index in [2.05, 4.69) is 25.4 Å². The van der Waals surface area contributed by atoms with Gasteiger partial charge in [0.1, 0.15) is 17.8 Å². The van der Waals surface area contributed by atoms with Crippen LogP contribution in [-0.4, -0.2) is 30.6 Å². The summed E-state index contributed by atoms with van der Waals surface area (Å²) in [6.07, 6.45) is -0.239. The number of rotatable bonds is 4. The quantitative estimate of drug-likeness (QED) is 0.583. The maximum absolute atomic E-state index is 13.0. The van der Waals surface area contributed by atoms with Crippen molar-refractivity contribution in [1.82, 2.24) is 24.7 Å². The molecule has 10 heteroatoms. The molecule has 0 spiro atoms. The highest BCUT2D eigenvalue weighted by Crippen LogP contribution is 2.33. The first-order valence-electron chi connectivity index (χ1n) is 7.54. The van der Waals surface area contributed by atoms with Crippen LogP contribution < -0.4 is 5.32 Å².